The van der Waals surface area contributed by atoms with Crippen molar-refractivity contribution in [1.29, 1.82) is 0 Å². The molecule has 0 amide bonds. The van der Waals surface area contributed by atoms with E-state index in [2.05, 4.69) is 11.9 Å². The van der Waals surface area contributed by atoms with Gasteiger partial charge in [-0.15, -0.1) is 0 Å². The molecule has 0 spiro atoms. The molecule has 98 valence electrons. The summed E-state index contributed by atoms with van der Waals surface area (Å²) in [6.45, 7) is 3.24. The molecule has 1 saturated heterocycles. The number of rotatable bonds is 4. The minimum absolute atomic E-state index is 0.473. The minimum Gasteiger partial charge on any atom is -0.377 e. The summed E-state index contributed by atoms with van der Waals surface area (Å²) in [5.74, 6) is 2.50. The average Bonchev–Trinajstić information content (AvgIpc) is 2.98. The first-order chi connectivity index (χ1) is 8.24. The lowest BCUT2D eigenvalue weighted by Crippen LogP contribution is -2.43. The van der Waals surface area contributed by atoms with Gasteiger partial charge < -0.3 is 15.4 Å². The smallest absolute Gasteiger partial charge is 0.0702 e. The molecule has 0 aromatic carbocycles. The molecule has 3 aliphatic rings. The van der Waals surface area contributed by atoms with Gasteiger partial charge in [0.15, 0.2) is 0 Å². The molecule has 3 nitrogen and oxygen atoms in total. The van der Waals surface area contributed by atoms with Crippen molar-refractivity contribution in [3.63, 3.8) is 0 Å². The molecule has 1 heterocycles. The lowest BCUT2D eigenvalue weighted by atomic mass is 9.84. The van der Waals surface area contributed by atoms with Crippen LogP contribution in [0.2, 0.25) is 0 Å². The van der Waals surface area contributed by atoms with Crippen LogP contribution in [0.25, 0.3) is 0 Å². The highest BCUT2D eigenvalue weighted by atomic mass is 16.5. The first-order valence-corrected chi connectivity index (χ1v) is 7.30. The van der Waals surface area contributed by atoms with Gasteiger partial charge in [0.05, 0.1) is 6.10 Å². The van der Waals surface area contributed by atoms with Gasteiger partial charge in [0.25, 0.3) is 0 Å². The van der Waals surface area contributed by atoms with E-state index >= 15 is 0 Å². The summed E-state index contributed by atoms with van der Waals surface area (Å²) in [6.07, 6.45) is 7.18. The third kappa shape index (κ3) is 2.38. The molecule has 0 aromatic rings. The molecule has 1 aliphatic heterocycles. The molecule has 5 unspecified atom stereocenters. The summed E-state index contributed by atoms with van der Waals surface area (Å²) < 4.78 is 5.70. The van der Waals surface area contributed by atoms with Crippen molar-refractivity contribution in [2.24, 2.45) is 23.5 Å². The molecule has 17 heavy (non-hydrogen) atoms. The largest absolute Gasteiger partial charge is 0.377 e. The highest BCUT2D eigenvalue weighted by Crippen LogP contribution is 2.47. The molecule has 2 bridgehead atoms. The van der Waals surface area contributed by atoms with E-state index in [0.29, 0.717) is 12.1 Å². The van der Waals surface area contributed by atoms with Crippen molar-refractivity contribution in [3.8, 4) is 0 Å². The standard InChI is InChI=1S/C14H26N2O/c1-16(8-12-3-2-6-17-12)9-13-10-4-5-11(7-10)14(13)15/h10-14H,2-9,15H2,1H3. The lowest BCUT2D eigenvalue weighted by molar-refractivity contribution is 0.0713. The number of hydrogen-bond acceptors (Lipinski definition) is 3. The maximum absolute atomic E-state index is 6.36. The Bertz CT molecular complexity index is 263. The van der Waals surface area contributed by atoms with Gasteiger partial charge in [0, 0.05) is 25.7 Å². The van der Waals surface area contributed by atoms with Crippen molar-refractivity contribution in [1.82, 2.24) is 4.90 Å². The minimum atomic E-state index is 0.473. The fraction of sp³-hybridized carbons (Fsp3) is 1.00. The maximum atomic E-state index is 6.36. The van der Waals surface area contributed by atoms with Crippen LogP contribution in [-0.2, 0) is 4.74 Å². The Morgan fingerprint density at radius 2 is 2.00 bits per heavy atom. The van der Waals surface area contributed by atoms with E-state index in [1.807, 2.05) is 0 Å². The number of fused-ring (bicyclic) bond motifs is 2. The predicted molar refractivity (Wildman–Crippen MR) is 68.8 cm³/mol. The number of hydrogen-bond donors (Lipinski definition) is 1. The van der Waals surface area contributed by atoms with Gasteiger partial charge in [-0.05, 0) is 56.9 Å². The molecule has 2 saturated carbocycles. The molecular weight excluding hydrogens is 212 g/mol. The molecule has 5 atom stereocenters. The van der Waals surface area contributed by atoms with Crippen LogP contribution < -0.4 is 5.73 Å². The monoisotopic (exact) mass is 238 g/mol. The van der Waals surface area contributed by atoms with Crippen LogP contribution in [0.3, 0.4) is 0 Å². The first kappa shape index (κ1) is 11.9. The Balaban J connectivity index is 1.49. The number of ether oxygens (including phenoxy) is 1. The first-order valence-electron chi connectivity index (χ1n) is 7.30. The van der Waals surface area contributed by atoms with Crippen molar-refractivity contribution in [3.05, 3.63) is 0 Å². The van der Waals surface area contributed by atoms with Gasteiger partial charge in [0.2, 0.25) is 0 Å². The zero-order chi connectivity index (χ0) is 11.8. The van der Waals surface area contributed by atoms with Crippen LogP contribution in [0.5, 0.6) is 0 Å². The number of nitrogens with zero attached hydrogens (tertiary/aromatic N) is 1. The van der Waals surface area contributed by atoms with Crippen molar-refractivity contribution in [2.45, 2.75) is 44.2 Å². The normalized spacial score (nSPS) is 45.0. The molecule has 3 rings (SSSR count). The quantitative estimate of drug-likeness (QED) is 0.806. The Labute approximate surface area is 105 Å². The molecule has 2 aliphatic carbocycles. The number of likely N-dealkylation sites (N-methyl/N-ethyl adjacent to an activating group) is 1. The van der Waals surface area contributed by atoms with Crippen LogP contribution in [-0.4, -0.2) is 43.8 Å². The Morgan fingerprint density at radius 3 is 2.65 bits per heavy atom. The second-order valence-corrected chi connectivity index (χ2v) is 6.43. The van der Waals surface area contributed by atoms with E-state index in [1.165, 1.54) is 38.6 Å². The highest BCUT2D eigenvalue weighted by Gasteiger charge is 2.45. The van der Waals surface area contributed by atoms with Crippen molar-refractivity contribution >= 4 is 0 Å². The Morgan fingerprint density at radius 1 is 1.18 bits per heavy atom. The van der Waals surface area contributed by atoms with Crippen molar-refractivity contribution < 1.29 is 4.74 Å². The average molecular weight is 238 g/mol. The lowest BCUT2D eigenvalue weighted by Gasteiger charge is -2.32. The van der Waals surface area contributed by atoms with E-state index in [0.717, 1.165) is 30.9 Å². The summed E-state index contributed by atoms with van der Waals surface area (Å²) >= 11 is 0. The topological polar surface area (TPSA) is 38.5 Å². The van der Waals surface area contributed by atoms with Gasteiger partial charge in [-0.1, -0.05) is 0 Å². The van der Waals surface area contributed by atoms with Crippen LogP contribution in [0, 0.1) is 17.8 Å². The van der Waals surface area contributed by atoms with E-state index in [-0.39, 0.29) is 0 Å². The maximum Gasteiger partial charge on any atom is 0.0702 e. The van der Waals surface area contributed by atoms with Crippen molar-refractivity contribution in [2.75, 3.05) is 26.7 Å². The molecule has 3 fully saturated rings. The van der Waals surface area contributed by atoms with Gasteiger partial charge in [0.1, 0.15) is 0 Å². The highest BCUT2D eigenvalue weighted by molar-refractivity contribution is 4.99. The molecule has 0 radical (unpaired) electrons. The molecule has 0 aromatic heterocycles. The zero-order valence-corrected chi connectivity index (χ0v) is 11.0. The zero-order valence-electron chi connectivity index (χ0n) is 11.0. The van der Waals surface area contributed by atoms with Crippen LogP contribution in [0.15, 0.2) is 0 Å². The molecular formula is C14H26N2O. The van der Waals surface area contributed by atoms with Crippen LogP contribution in [0.4, 0.5) is 0 Å². The third-order valence-corrected chi connectivity index (χ3v) is 5.22. The SMILES string of the molecule is CN(CC1CCCO1)CC1C2CCC(C2)C1N. The van der Waals surface area contributed by atoms with Crippen LogP contribution >= 0.6 is 0 Å². The third-order valence-electron chi connectivity index (χ3n) is 5.22. The number of nitrogens with two attached hydrogens (primary N) is 1. The second-order valence-electron chi connectivity index (χ2n) is 6.43. The fourth-order valence-electron chi connectivity index (χ4n) is 4.30. The van der Waals surface area contributed by atoms with Gasteiger partial charge >= 0.3 is 0 Å². The van der Waals surface area contributed by atoms with Gasteiger partial charge in [-0.25, -0.2) is 0 Å². The summed E-state index contributed by atoms with van der Waals surface area (Å²) in [5, 5.41) is 0. The van der Waals surface area contributed by atoms with Gasteiger partial charge in [-0.2, -0.15) is 0 Å². The molecule has 2 N–H and O–H groups in total. The van der Waals surface area contributed by atoms with Crippen LogP contribution in [0.1, 0.15) is 32.1 Å². The summed E-state index contributed by atoms with van der Waals surface area (Å²) in [4.78, 5) is 2.46. The Hall–Kier alpha value is -0.120. The summed E-state index contributed by atoms with van der Waals surface area (Å²) in [5.41, 5.74) is 6.36. The van der Waals surface area contributed by atoms with E-state index < -0.39 is 0 Å². The Kier molecular flexibility index (Phi) is 3.42. The fourth-order valence-corrected chi connectivity index (χ4v) is 4.30. The molecule has 3 heteroatoms. The van der Waals surface area contributed by atoms with E-state index in [1.54, 1.807) is 0 Å². The van der Waals surface area contributed by atoms with E-state index in [4.69, 9.17) is 10.5 Å². The van der Waals surface area contributed by atoms with E-state index in [9.17, 15) is 0 Å². The second kappa shape index (κ2) is 4.87. The summed E-state index contributed by atoms with van der Waals surface area (Å²) in [7, 11) is 2.24. The summed E-state index contributed by atoms with van der Waals surface area (Å²) in [6, 6.07) is 0.473. The predicted octanol–water partition coefficient (Wildman–Crippen LogP) is 1.47. The van der Waals surface area contributed by atoms with Gasteiger partial charge in [-0.3, -0.25) is 0 Å².